The SMILES string of the molecule is CS(=O)(=O)c1ccc(CNC(=O)NC(CO)C(=O)O)cc1. The minimum atomic E-state index is -3.27. The fourth-order valence-electron chi connectivity index (χ4n) is 1.43. The van der Waals surface area contributed by atoms with Gasteiger partial charge in [0.1, 0.15) is 0 Å². The molecule has 0 saturated carbocycles. The maximum atomic E-state index is 11.4. The Kier molecular flexibility index (Phi) is 5.68. The van der Waals surface area contributed by atoms with Crippen molar-refractivity contribution >= 4 is 21.8 Å². The second-order valence-corrected chi connectivity index (χ2v) is 6.33. The van der Waals surface area contributed by atoms with Gasteiger partial charge in [0, 0.05) is 12.8 Å². The number of carboxylic acids is 1. The molecule has 21 heavy (non-hydrogen) atoms. The highest BCUT2D eigenvalue weighted by atomic mass is 32.2. The second kappa shape index (κ2) is 7.04. The van der Waals surface area contributed by atoms with Crippen LogP contribution in [0.3, 0.4) is 0 Å². The molecule has 0 aliphatic rings. The molecule has 0 aromatic heterocycles. The van der Waals surface area contributed by atoms with Crippen molar-refractivity contribution in [3.8, 4) is 0 Å². The molecule has 1 aromatic carbocycles. The topological polar surface area (TPSA) is 133 Å². The van der Waals surface area contributed by atoms with E-state index in [0.717, 1.165) is 6.26 Å². The van der Waals surface area contributed by atoms with Gasteiger partial charge in [-0.2, -0.15) is 0 Å². The van der Waals surface area contributed by atoms with E-state index in [1.54, 1.807) is 0 Å². The molecule has 4 N–H and O–H groups in total. The summed E-state index contributed by atoms with van der Waals surface area (Å²) >= 11 is 0. The fourth-order valence-corrected chi connectivity index (χ4v) is 2.06. The molecule has 0 aliphatic heterocycles. The summed E-state index contributed by atoms with van der Waals surface area (Å²) in [7, 11) is -3.27. The van der Waals surface area contributed by atoms with E-state index in [0.29, 0.717) is 5.56 Å². The van der Waals surface area contributed by atoms with Crippen LogP contribution in [0.2, 0.25) is 0 Å². The van der Waals surface area contributed by atoms with Gasteiger partial charge in [-0.25, -0.2) is 18.0 Å². The van der Waals surface area contributed by atoms with E-state index in [4.69, 9.17) is 10.2 Å². The molecule has 0 saturated heterocycles. The molecule has 1 rings (SSSR count). The van der Waals surface area contributed by atoms with Gasteiger partial charge in [0.15, 0.2) is 15.9 Å². The number of amides is 2. The van der Waals surface area contributed by atoms with Crippen LogP contribution < -0.4 is 10.6 Å². The Morgan fingerprint density at radius 3 is 2.24 bits per heavy atom. The van der Waals surface area contributed by atoms with Crippen molar-refractivity contribution in [3.05, 3.63) is 29.8 Å². The molecule has 1 unspecified atom stereocenters. The largest absolute Gasteiger partial charge is 0.480 e. The van der Waals surface area contributed by atoms with Gasteiger partial charge in [-0.1, -0.05) is 12.1 Å². The predicted molar refractivity (Wildman–Crippen MR) is 73.4 cm³/mol. The normalized spacial score (nSPS) is 12.5. The van der Waals surface area contributed by atoms with E-state index in [-0.39, 0.29) is 11.4 Å². The summed E-state index contributed by atoms with van der Waals surface area (Å²) in [6, 6.07) is 3.78. The summed E-state index contributed by atoms with van der Waals surface area (Å²) in [5, 5.41) is 21.9. The van der Waals surface area contributed by atoms with Gasteiger partial charge >= 0.3 is 12.0 Å². The fraction of sp³-hybridized carbons (Fsp3) is 0.333. The zero-order valence-corrected chi connectivity index (χ0v) is 12.1. The lowest BCUT2D eigenvalue weighted by atomic mass is 10.2. The van der Waals surface area contributed by atoms with Crippen LogP contribution >= 0.6 is 0 Å². The molecule has 116 valence electrons. The zero-order valence-electron chi connectivity index (χ0n) is 11.2. The van der Waals surface area contributed by atoms with Crippen LogP contribution in [-0.2, 0) is 21.2 Å². The predicted octanol–water partition coefficient (Wildman–Crippen LogP) is -0.665. The van der Waals surface area contributed by atoms with Crippen molar-refractivity contribution in [1.82, 2.24) is 10.6 Å². The molecule has 2 amide bonds. The van der Waals surface area contributed by atoms with Crippen LogP contribution in [0.25, 0.3) is 0 Å². The summed E-state index contributed by atoms with van der Waals surface area (Å²) in [5.41, 5.74) is 0.647. The number of aliphatic hydroxyl groups is 1. The van der Waals surface area contributed by atoms with Crippen LogP contribution in [0.15, 0.2) is 29.2 Å². The Balaban J connectivity index is 2.56. The second-order valence-electron chi connectivity index (χ2n) is 4.32. The number of nitrogens with one attached hydrogen (secondary N) is 2. The average Bonchev–Trinajstić information content (AvgIpc) is 2.41. The van der Waals surface area contributed by atoms with Crippen LogP contribution in [0.5, 0.6) is 0 Å². The zero-order chi connectivity index (χ0) is 16.0. The number of rotatable bonds is 6. The van der Waals surface area contributed by atoms with E-state index < -0.39 is 34.5 Å². The van der Waals surface area contributed by atoms with Gasteiger partial charge in [-0.15, -0.1) is 0 Å². The van der Waals surface area contributed by atoms with E-state index in [1.165, 1.54) is 24.3 Å². The average molecular weight is 316 g/mol. The maximum Gasteiger partial charge on any atom is 0.328 e. The molecule has 0 aliphatic carbocycles. The molecular weight excluding hydrogens is 300 g/mol. The monoisotopic (exact) mass is 316 g/mol. The van der Waals surface area contributed by atoms with Crippen molar-refractivity contribution in [3.63, 3.8) is 0 Å². The van der Waals surface area contributed by atoms with Crippen molar-refractivity contribution in [2.24, 2.45) is 0 Å². The molecule has 0 fully saturated rings. The minimum absolute atomic E-state index is 0.0909. The number of benzene rings is 1. The van der Waals surface area contributed by atoms with Crippen molar-refractivity contribution in [2.45, 2.75) is 17.5 Å². The van der Waals surface area contributed by atoms with Gasteiger partial charge in [0.25, 0.3) is 0 Å². The molecule has 1 atom stereocenters. The number of carboxylic acid groups (broad SMARTS) is 1. The summed E-state index contributed by atoms with van der Waals surface area (Å²) in [5.74, 6) is -1.34. The number of hydrogen-bond acceptors (Lipinski definition) is 5. The third-order valence-electron chi connectivity index (χ3n) is 2.59. The maximum absolute atomic E-state index is 11.4. The molecule has 0 radical (unpaired) electrons. The quantitative estimate of drug-likeness (QED) is 0.550. The van der Waals surface area contributed by atoms with Crippen molar-refractivity contribution < 1.29 is 28.2 Å². The molecule has 1 aromatic rings. The Morgan fingerprint density at radius 2 is 1.81 bits per heavy atom. The van der Waals surface area contributed by atoms with E-state index >= 15 is 0 Å². The summed E-state index contributed by atoms with van der Waals surface area (Å²) in [6.45, 7) is -0.626. The summed E-state index contributed by atoms with van der Waals surface area (Å²) in [4.78, 5) is 22.2. The Hall–Kier alpha value is -2.13. The molecular formula is C12H16N2O6S. The molecule has 0 heterocycles. The standard InChI is InChI=1S/C12H16N2O6S/c1-21(19,20)9-4-2-8(3-5-9)6-13-12(18)14-10(7-15)11(16)17/h2-5,10,15H,6-7H2,1H3,(H,16,17)(H2,13,14,18). The van der Waals surface area contributed by atoms with Crippen LogP contribution in [0.4, 0.5) is 4.79 Å². The lowest BCUT2D eigenvalue weighted by Crippen LogP contribution is -2.47. The van der Waals surface area contributed by atoms with Crippen LogP contribution in [0.1, 0.15) is 5.56 Å². The number of urea groups is 1. The number of aliphatic hydroxyl groups excluding tert-OH is 1. The molecule has 9 heteroatoms. The summed E-state index contributed by atoms with van der Waals surface area (Å²) < 4.78 is 22.5. The molecule has 0 bridgehead atoms. The Bertz CT molecular complexity index is 611. The van der Waals surface area contributed by atoms with Gasteiger partial charge in [0.2, 0.25) is 0 Å². The first-order valence-electron chi connectivity index (χ1n) is 5.91. The lowest BCUT2D eigenvalue weighted by molar-refractivity contribution is -0.140. The van der Waals surface area contributed by atoms with Gasteiger partial charge in [-0.05, 0) is 17.7 Å². The molecule has 0 spiro atoms. The lowest BCUT2D eigenvalue weighted by Gasteiger charge is -2.12. The van der Waals surface area contributed by atoms with Crippen LogP contribution in [-0.4, -0.2) is 49.5 Å². The number of carbonyl (C=O) groups is 2. The number of carbonyl (C=O) groups excluding carboxylic acids is 1. The number of sulfone groups is 1. The van der Waals surface area contributed by atoms with E-state index in [1.807, 2.05) is 0 Å². The number of aliphatic carboxylic acids is 1. The Morgan fingerprint density at radius 1 is 1.24 bits per heavy atom. The van der Waals surface area contributed by atoms with Gasteiger partial charge in [0.05, 0.1) is 11.5 Å². The smallest absolute Gasteiger partial charge is 0.328 e. The summed E-state index contributed by atoms with van der Waals surface area (Å²) in [6.07, 6.45) is 1.09. The van der Waals surface area contributed by atoms with Crippen molar-refractivity contribution in [1.29, 1.82) is 0 Å². The molecule has 8 nitrogen and oxygen atoms in total. The first-order valence-corrected chi connectivity index (χ1v) is 7.80. The first kappa shape index (κ1) is 16.9. The van der Waals surface area contributed by atoms with Gasteiger partial charge < -0.3 is 20.8 Å². The Labute approximate surface area is 121 Å². The number of hydrogen-bond donors (Lipinski definition) is 4. The van der Waals surface area contributed by atoms with Crippen molar-refractivity contribution in [2.75, 3.05) is 12.9 Å². The third kappa shape index (κ3) is 5.40. The van der Waals surface area contributed by atoms with E-state index in [9.17, 15) is 18.0 Å². The van der Waals surface area contributed by atoms with E-state index in [2.05, 4.69) is 10.6 Å². The van der Waals surface area contributed by atoms with Gasteiger partial charge in [-0.3, -0.25) is 0 Å². The first-order chi connectivity index (χ1) is 9.74. The highest BCUT2D eigenvalue weighted by Gasteiger charge is 2.18. The highest BCUT2D eigenvalue weighted by Crippen LogP contribution is 2.10. The van der Waals surface area contributed by atoms with Crippen LogP contribution in [0, 0.1) is 0 Å². The third-order valence-corrected chi connectivity index (χ3v) is 3.72. The minimum Gasteiger partial charge on any atom is -0.480 e. The highest BCUT2D eigenvalue weighted by molar-refractivity contribution is 7.90.